The Labute approximate surface area is 149 Å². The Kier molecular flexibility index (Phi) is 4.26. The number of hydrogen-bond donors (Lipinski definition) is 1. The molecule has 136 valence electrons. The van der Waals surface area contributed by atoms with Crippen molar-refractivity contribution in [2.75, 3.05) is 40.8 Å². The molecule has 1 spiro atoms. The lowest BCUT2D eigenvalue weighted by Gasteiger charge is -2.35. The van der Waals surface area contributed by atoms with E-state index in [1.54, 1.807) is 0 Å². The highest BCUT2D eigenvalue weighted by Gasteiger charge is 2.52. The van der Waals surface area contributed by atoms with Gasteiger partial charge in [0.1, 0.15) is 12.7 Å². The Morgan fingerprint density at radius 2 is 2.24 bits per heavy atom. The molecule has 1 aromatic carbocycles. The van der Waals surface area contributed by atoms with Crippen LogP contribution in [0, 0.1) is 0 Å². The molecule has 2 aliphatic heterocycles. The Hall–Kier alpha value is -1.56. The molecule has 5 heteroatoms. The Morgan fingerprint density at radius 1 is 1.40 bits per heavy atom. The molecule has 0 saturated heterocycles. The maximum Gasteiger partial charge on any atom is 0.166 e. The van der Waals surface area contributed by atoms with Gasteiger partial charge in [-0.1, -0.05) is 18.2 Å². The summed E-state index contributed by atoms with van der Waals surface area (Å²) in [6, 6.07) is 4.24. The predicted molar refractivity (Wildman–Crippen MR) is 97.3 cm³/mol. The van der Waals surface area contributed by atoms with Crippen LogP contribution in [-0.4, -0.2) is 68.0 Å². The SMILES string of the molecule is CN(C)CCOc1ccc2c3c1O[C@H]1CC(O)C=CC31CCN(C)C2. The molecular weight excluding hydrogens is 316 g/mol. The number of nitrogens with zero attached hydrogens (tertiary/aromatic N) is 2. The first-order valence-electron chi connectivity index (χ1n) is 9.16. The second-order valence-electron chi connectivity index (χ2n) is 7.88. The van der Waals surface area contributed by atoms with Crippen LogP contribution in [0.15, 0.2) is 24.3 Å². The second kappa shape index (κ2) is 6.31. The van der Waals surface area contributed by atoms with Crippen molar-refractivity contribution in [3.63, 3.8) is 0 Å². The van der Waals surface area contributed by atoms with E-state index in [-0.39, 0.29) is 11.5 Å². The van der Waals surface area contributed by atoms with Gasteiger partial charge >= 0.3 is 0 Å². The van der Waals surface area contributed by atoms with Gasteiger partial charge in [0.05, 0.1) is 11.5 Å². The van der Waals surface area contributed by atoms with Crippen LogP contribution in [0.25, 0.3) is 0 Å². The van der Waals surface area contributed by atoms with Crippen molar-refractivity contribution in [2.24, 2.45) is 0 Å². The van der Waals surface area contributed by atoms with Crippen LogP contribution >= 0.6 is 0 Å². The molecule has 2 unspecified atom stereocenters. The quantitative estimate of drug-likeness (QED) is 0.844. The maximum atomic E-state index is 10.1. The third kappa shape index (κ3) is 2.84. The van der Waals surface area contributed by atoms with E-state index in [1.165, 1.54) is 11.1 Å². The van der Waals surface area contributed by atoms with Crippen LogP contribution in [-0.2, 0) is 12.0 Å². The zero-order valence-electron chi connectivity index (χ0n) is 15.4. The molecule has 1 aliphatic carbocycles. The van der Waals surface area contributed by atoms with E-state index >= 15 is 0 Å². The molecule has 0 saturated carbocycles. The van der Waals surface area contributed by atoms with Crippen molar-refractivity contribution < 1.29 is 14.6 Å². The van der Waals surface area contributed by atoms with Gasteiger partial charge in [-0.2, -0.15) is 0 Å². The fraction of sp³-hybridized carbons (Fsp3) is 0.600. The van der Waals surface area contributed by atoms with Crippen molar-refractivity contribution in [3.8, 4) is 11.5 Å². The molecule has 0 radical (unpaired) electrons. The number of benzene rings is 1. The molecule has 0 amide bonds. The van der Waals surface area contributed by atoms with E-state index in [9.17, 15) is 5.11 Å². The molecule has 3 atom stereocenters. The van der Waals surface area contributed by atoms with Gasteiger partial charge in [0.2, 0.25) is 0 Å². The van der Waals surface area contributed by atoms with Crippen molar-refractivity contribution in [2.45, 2.75) is 37.0 Å². The van der Waals surface area contributed by atoms with Crippen molar-refractivity contribution in [1.82, 2.24) is 9.80 Å². The molecule has 1 aromatic rings. The van der Waals surface area contributed by atoms with Crippen LogP contribution in [0.1, 0.15) is 24.0 Å². The van der Waals surface area contributed by atoms with Gasteiger partial charge < -0.3 is 24.4 Å². The molecule has 5 nitrogen and oxygen atoms in total. The normalized spacial score (nSPS) is 30.6. The summed E-state index contributed by atoms with van der Waals surface area (Å²) in [7, 11) is 6.26. The van der Waals surface area contributed by atoms with Gasteiger partial charge in [0.25, 0.3) is 0 Å². The van der Waals surface area contributed by atoms with Gasteiger partial charge in [-0.05, 0) is 45.7 Å². The van der Waals surface area contributed by atoms with E-state index in [2.05, 4.69) is 29.0 Å². The smallest absolute Gasteiger partial charge is 0.166 e. The predicted octanol–water partition coefficient (Wildman–Crippen LogP) is 1.78. The van der Waals surface area contributed by atoms with Gasteiger partial charge in [0, 0.05) is 25.1 Å². The minimum absolute atomic E-state index is 0.00801. The first kappa shape index (κ1) is 16.9. The molecule has 0 fully saturated rings. The van der Waals surface area contributed by atoms with Gasteiger partial charge in [0.15, 0.2) is 11.5 Å². The van der Waals surface area contributed by atoms with Gasteiger partial charge in [-0.25, -0.2) is 0 Å². The van der Waals surface area contributed by atoms with Crippen LogP contribution in [0.2, 0.25) is 0 Å². The number of aliphatic hydroxyl groups excluding tert-OH is 1. The fourth-order valence-electron chi connectivity index (χ4n) is 4.37. The first-order chi connectivity index (χ1) is 12.0. The minimum Gasteiger partial charge on any atom is -0.488 e. The summed E-state index contributed by atoms with van der Waals surface area (Å²) in [5.41, 5.74) is 2.47. The average molecular weight is 344 g/mol. The minimum atomic E-state index is -0.424. The number of hydrogen-bond acceptors (Lipinski definition) is 5. The average Bonchev–Trinajstić information content (AvgIpc) is 2.81. The lowest BCUT2D eigenvalue weighted by Crippen LogP contribution is -2.42. The fourth-order valence-corrected chi connectivity index (χ4v) is 4.37. The molecule has 2 heterocycles. The Balaban J connectivity index is 1.75. The zero-order chi connectivity index (χ0) is 17.6. The first-order valence-corrected chi connectivity index (χ1v) is 9.16. The molecule has 1 N–H and O–H groups in total. The zero-order valence-corrected chi connectivity index (χ0v) is 15.4. The number of aliphatic hydroxyl groups is 1. The van der Waals surface area contributed by atoms with Crippen LogP contribution in [0.4, 0.5) is 0 Å². The number of ether oxygens (including phenoxy) is 2. The largest absolute Gasteiger partial charge is 0.488 e. The van der Waals surface area contributed by atoms with E-state index in [0.717, 1.165) is 37.6 Å². The van der Waals surface area contributed by atoms with Crippen molar-refractivity contribution in [1.29, 1.82) is 0 Å². The summed E-state index contributed by atoms with van der Waals surface area (Å²) in [6.45, 7) is 3.45. The lowest BCUT2D eigenvalue weighted by atomic mass is 9.69. The highest BCUT2D eigenvalue weighted by atomic mass is 16.5. The topological polar surface area (TPSA) is 45.2 Å². The van der Waals surface area contributed by atoms with Crippen LogP contribution in [0.5, 0.6) is 11.5 Å². The van der Waals surface area contributed by atoms with Crippen LogP contribution in [0.3, 0.4) is 0 Å². The monoisotopic (exact) mass is 344 g/mol. The number of rotatable bonds is 4. The maximum absolute atomic E-state index is 10.1. The van der Waals surface area contributed by atoms with Crippen LogP contribution < -0.4 is 9.47 Å². The van der Waals surface area contributed by atoms with Gasteiger partial charge in [-0.15, -0.1) is 0 Å². The van der Waals surface area contributed by atoms with Crippen molar-refractivity contribution in [3.05, 3.63) is 35.4 Å². The lowest BCUT2D eigenvalue weighted by molar-refractivity contribution is 0.0815. The van der Waals surface area contributed by atoms with E-state index in [1.807, 2.05) is 26.2 Å². The van der Waals surface area contributed by atoms with Gasteiger partial charge in [-0.3, -0.25) is 0 Å². The highest BCUT2D eigenvalue weighted by molar-refractivity contribution is 5.61. The number of likely N-dealkylation sites (N-methyl/N-ethyl adjacent to an activating group) is 1. The Bertz CT molecular complexity index is 688. The van der Waals surface area contributed by atoms with E-state index in [0.29, 0.717) is 13.0 Å². The highest BCUT2D eigenvalue weighted by Crippen LogP contribution is 2.55. The summed E-state index contributed by atoms with van der Waals surface area (Å²) >= 11 is 0. The standard InChI is InChI=1S/C20H28N2O3/c1-21(2)10-11-24-16-5-4-14-13-22(3)9-8-20-7-6-15(23)12-17(20)25-19(16)18(14)20/h4-7,15,17,23H,8-13H2,1-3H3/t15?,17-,20?/m0/s1. The summed E-state index contributed by atoms with van der Waals surface area (Å²) < 4.78 is 12.5. The summed E-state index contributed by atoms with van der Waals surface area (Å²) in [5, 5.41) is 10.1. The molecule has 0 aromatic heterocycles. The molecule has 0 bridgehead atoms. The van der Waals surface area contributed by atoms with Crippen molar-refractivity contribution >= 4 is 0 Å². The van der Waals surface area contributed by atoms with E-state index < -0.39 is 6.10 Å². The Morgan fingerprint density at radius 3 is 3.04 bits per heavy atom. The van der Waals surface area contributed by atoms with E-state index in [4.69, 9.17) is 9.47 Å². The molecule has 4 rings (SSSR count). The molecule has 25 heavy (non-hydrogen) atoms. The third-order valence-electron chi connectivity index (χ3n) is 5.72. The molecular formula is C20H28N2O3. The third-order valence-corrected chi connectivity index (χ3v) is 5.72. The summed E-state index contributed by atoms with van der Waals surface area (Å²) in [6.07, 6.45) is 5.37. The second-order valence-corrected chi connectivity index (χ2v) is 7.88. The summed E-state index contributed by atoms with van der Waals surface area (Å²) in [5.74, 6) is 1.73. The molecule has 3 aliphatic rings. The summed E-state index contributed by atoms with van der Waals surface area (Å²) in [4.78, 5) is 4.48.